The van der Waals surface area contributed by atoms with Crippen molar-refractivity contribution in [3.8, 4) is 0 Å². The molecule has 1 aromatic rings. The molecule has 0 aliphatic rings. The first-order valence-corrected chi connectivity index (χ1v) is 6.12. The second-order valence-corrected chi connectivity index (χ2v) is 3.81. The lowest BCUT2D eigenvalue weighted by atomic mass is 10.4. The number of aryl methyl sites for hydroxylation is 1. The van der Waals surface area contributed by atoms with E-state index < -0.39 is 0 Å². The van der Waals surface area contributed by atoms with Gasteiger partial charge in [0.15, 0.2) is 0 Å². The van der Waals surface area contributed by atoms with E-state index in [1.165, 1.54) is 11.3 Å². The average Bonchev–Trinajstić information content (AvgIpc) is 2.68. The fraction of sp³-hybridized carbons (Fsp3) is 0.308. The number of hydrogen-bond acceptors (Lipinski definition) is 3. The molecule has 0 aromatic carbocycles. The molecule has 2 nitrogen and oxygen atoms in total. The summed E-state index contributed by atoms with van der Waals surface area (Å²) in [5, 5.41) is 9.88. The lowest BCUT2D eigenvalue weighted by molar-refractivity contribution is 0.284. The maximum Gasteiger partial charge on any atom is 0.116 e. The van der Waals surface area contributed by atoms with Gasteiger partial charge >= 0.3 is 0 Å². The van der Waals surface area contributed by atoms with Crippen molar-refractivity contribution in [2.24, 2.45) is 0 Å². The highest BCUT2D eigenvalue weighted by molar-refractivity contribution is 7.12. The van der Waals surface area contributed by atoms with Crippen molar-refractivity contribution in [1.29, 1.82) is 0 Å². The number of rotatable bonds is 4. The largest absolute Gasteiger partial charge is 0.391 e. The van der Waals surface area contributed by atoms with Crippen LogP contribution >= 0.6 is 11.3 Å². The Morgan fingerprint density at radius 1 is 1.31 bits per heavy atom. The Balaban J connectivity index is 0.00000106. The molecule has 0 aliphatic carbocycles. The zero-order valence-electron chi connectivity index (χ0n) is 10.1. The van der Waals surface area contributed by atoms with Crippen molar-refractivity contribution >= 4 is 17.4 Å². The van der Waals surface area contributed by atoms with Crippen LogP contribution in [0.4, 0.5) is 0 Å². The highest BCUT2D eigenvalue weighted by Crippen LogP contribution is 2.18. The van der Waals surface area contributed by atoms with E-state index in [1.807, 2.05) is 45.1 Å². The van der Waals surface area contributed by atoms with Crippen molar-refractivity contribution in [3.63, 3.8) is 0 Å². The van der Waals surface area contributed by atoms with Crippen LogP contribution in [0.2, 0.25) is 0 Å². The van der Waals surface area contributed by atoms with E-state index in [2.05, 4.69) is 11.6 Å². The number of aromatic nitrogens is 1. The van der Waals surface area contributed by atoms with Crippen LogP contribution in [0.3, 0.4) is 0 Å². The molecule has 1 rings (SSSR count). The normalized spacial score (nSPS) is 10.5. The second kappa shape index (κ2) is 9.07. The van der Waals surface area contributed by atoms with Crippen molar-refractivity contribution in [2.45, 2.75) is 27.4 Å². The summed E-state index contributed by atoms with van der Waals surface area (Å²) in [4.78, 5) is 5.22. The Morgan fingerprint density at radius 3 is 2.50 bits per heavy atom. The van der Waals surface area contributed by atoms with Gasteiger partial charge in [-0.3, -0.25) is 0 Å². The van der Waals surface area contributed by atoms with Crippen LogP contribution in [-0.4, -0.2) is 10.1 Å². The Bertz CT molecular complexity index is 364. The Hall–Kier alpha value is -1.19. The van der Waals surface area contributed by atoms with Gasteiger partial charge in [-0.05, 0) is 13.0 Å². The molecular weight excluding hydrogens is 218 g/mol. The number of aliphatic hydroxyl groups is 1. The standard InChI is InChI=1S/C11H13NOS.C2H6/c1-3-4-5-6-7-11-12-9(2)10(8-13)14-11;1-2/h3-7,13H,1,8H2,2H3;1-2H3/b5-4-,7-6+;. The maximum atomic E-state index is 8.96. The zero-order valence-corrected chi connectivity index (χ0v) is 10.9. The van der Waals surface area contributed by atoms with Gasteiger partial charge in [-0.1, -0.05) is 44.7 Å². The molecule has 1 aromatic heterocycles. The van der Waals surface area contributed by atoms with Gasteiger partial charge in [-0.2, -0.15) is 0 Å². The van der Waals surface area contributed by atoms with Crippen molar-refractivity contribution in [1.82, 2.24) is 4.98 Å². The monoisotopic (exact) mass is 237 g/mol. The number of allylic oxidation sites excluding steroid dienone is 4. The van der Waals surface area contributed by atoms with E-state index in [4.69, 9.17) is 5.11 Å². The van der Waals surface area contributed by atoms with Gasteiger partial charge in [-0.15, -0.1) is 11.3 Å². The highest BCUT2D eigenvalue weighted by Gasteiger charge is 2.02. The Morgan fingerprint density at radius 2 is 2.00 bits per heavy atom. The molecule has 3 heteroatoms. The average molecular weight is 237 g/mol. The van der Waals surface area contributed by atoms with Gasteiger partial charge in [0.2, 0.25) is 0 Å². The lowest BCUT2D eigenvalue weighted by Crippen LogP contribution is -1.80. The summed E-state index contributed by atoms with van der Waals surface area (Å²) in [5.74, 6) is 0. The van der Waals surface area contributed by atoms with Gasteiger partial charge in [0, 0.05) is 0 Å². The molecule has 0 unspecified atom stereocenters. The van der Waals surface area contributed by atoms with E-state index in [0.29, 0.717) is 0 Å². The zero-order chi connectivity index (χ0) is 12.4. The first-order chi connectivity index (χ1) is 7.77. The lowest BCUT2D eigenvalue weighted by Gasteiger charge is -1.85. The van der Waals surface area contributed by atoms with E-state index >= 15 is 0 Å². The first kappa shape index (κ1) is 14.8. The topological polar surface area (TPSA) is 33.1 Å². The molecule has 88 valence electrons. The third-order valence-corrected chi connectivity index (χ3v) is 2.76. The summed E-state index contributed by atoms with van der Waals surface area (Å²) in [5.41, 5.74) is 0.907. The highest BCUT2D eigenvalue weighted by atomic mass is 32.1. The smallest absolute Gasteiger partial charge is 0.116 e. The fourth-order valence-corrected chi connectivity index (χ4v) is 1.79. The summed E-state index contributed by atoms with van der Waals surface area (Å²) in [6, 6.07) is 0. The van der Waals surface area contributed by atoms with Gasteiger partial charge in [0.1, 0.15) is 5.01 Å². The van der Waals surface area contributed by atoms with Gasteiger partial charge in [-0.25, -0.2) is 4.98 Å². The molecular formula is C13H19NOS. The summed E-state index contributed by atoms with van der Waals surface area (Å²) >= 11 is 1.51. The van der Waals surface area contributed by atoms with Gasteiger partial charge in [0.25, 0.3) is 0 Å². The molecule has 0 radical (unpaired) electrons. The summed E-state index contributed by atoms with van der Waals surface area (Å²) in [6.45, 7) is 9.54. The van der Waals surface area contributed by atoms with Crippen LogP contribution in [0.25, 0.3) is 6.08 Å². The van der Waals surface area contributed by atoms with Crippen molar-refractivity contribution in [2.75, 3.05) is 0 Å². The van der Waals surface area contributed by atoms with Crippen molar-refractivity contribution in [3.05, 3.63) is 46.5 Å². The van der Waals surface area contributed by atoms with Gasteiger partial charge < -0.3 is 5.11 Å². The minimum Gasteiger partial charge on any atom is -0.391 e. The number of aliphatic hydroxyl groups excluding tert-OH is 1. The molecule has 0 saturated carbocycles. The first-order valence-electron chi connectivity index (χ1n) is 5.31. The molecule has 16 heavy (non-hydrogen) atoms. The molecule has 1 N–H and O–H groups in total. The predicted molar refractivity (Wildman–Crippen MR) is 72.5 cm³/mol. The van der Waals surface area contributed by atoms with Crippen LogP contribution < -0.4 is 0 Å². The van der Waals surface area contributed by atoms with Gasteiger partial charge in [0.05, 0.1) is 17.2 Å². The quantitative estimate of drug-likeness (QED) is 0.809. The molecule has 1 heterocycles. The van der Waals surface area contributed by atoms with Crippen LogP contribution in [0.1, 0.15) is 29.4 Å². The number of thiazole rings is 1. The summed E-state index contributed by atoms with van der Waals surface area (Å²) in [6.07, 6.45) is 9.28. The van der Waals surface area contributed by atoms with E-state index in [9.17, 15) is 0 Å². The number of nitrogens with zero attached hydrogens (tertiary/aromatic N) is 1. The molecule has 0 saturated heterocycles. The molecule has 0 fully saturated rings. The van der Waals surface area contributed by atoms with Crippen LogP contribution in [0, 0.1) is 6.92 Å². The maximum absolute atomic E-state index is 8.96. The molecule has 0 amide bonds. The summed E-state index contributed by atoms with van der Waals surface area (Å²) < 4.78 is 0. The van der Waals surface area contributed by atoms with Crippen LogP contribution in [0.5, 0.6) is 0 Å². The number of hydrogen-bond donors (Lipinski definition) is 1. The van der Waals surface area contributed by atoms with Crippen LogP contribution in [0.15, 0.2) is 30.9 Å². The minimum atomic E-state index is 0.0693. The van der Waals surface area contributed by atoms with E-state index in [0.717, 1.165) is 15.6 Å². The Labute approximate surface area is 102 Å². The molecule has 0 spiro atoms. The van der Waals surface area contributed by atoms with E-state index in [-0.39, 0.29) is 6.61 Å². The third-order valence-electron chi connectivity index (χ3n) is 1.65. The van der Waals surface area contributed by atoms with Crippen LogP contribution in [-0.2, 0) is 6.61 Å². The predicted octanol–water partition coefficient (Wildman–Crippen LogP) is 3.73. The molecule has 0 atom stereocenters. The third kappa shape index (κ3) is 5.05. The van der Waals surface area contributed by atoms with Crippen molar-refractivity contribution < 1.29 is 5.11 Å². The molecule has 0 bridgehead atoms. The minimum absolute atomic E-state index is 0.0693. The fourth-order valence-electron chi connectivity index (χ4n) is 0.949. The Kier molecular flexibility index (Phi) is 8.39. The molecule has 0 aliphatic heterocycles. The second-order valence-electron chi connectivity index (χ2n) is 2.70. The SMILES string of the molecule is C=C/C=C\C=C\c1nc(C)c(CO)s1.CC. The summed E-state index contributed by atoms with van der Waals surface area (Å²) in [7, 11) is 0. The van der Waals surface area contributed by atoms with E-state index in [1.54, 1.807) is 6.08 Å².